The van der Waals surface area contributed by atoms with Gasteiger partial charge in [-0.25, -0.2) is 15.0 Å². The SMILES string of the molecule is Cc1nc2ccc(NC(=O)c3cnc(Br)cn3)cc2o1. The Kier molecular flexibility index (Phi) is 3.19. The van der Waals surface area contributed by atoms with E-state index in [1.807, 2.05) is 0 Å². The third-order valence-corrected chi connectivity index (χ3v) is 3.02. The average molecular weight is 333 g/mol. The second-order valence-corrected chi connectivity index (χ2v) is 4.91. The van der Waals surface area contributed by atoms with Crippen molar-refractivity contribution >= 4 is 38.6 Å². The van der Waals surface area contributed by atoms with Crippen LogP contribution in [0, 0.1) is 6.92 Å². The molecule has 0 spiro atoms. The summed E-state index contributed by atoms with van der Waals surface area (Å²) in [6, 6.07) is 5.27. The monoisotopic (exact) mass is 332 g/mol. The molecule has 0 aliphatic carbocycles. The van der Waals surface area contributed by atoms with Crippen molar-refractivity contribution in [2.45, 2.75) is 6.92 Å². The molecule has 2 heterocycles. The number of nitrogens with one attached hydrogen (secondary N) is 1. The third kappa shape index (κ3) is 2.53. The van der Waals surface area contributed by atoms with Crippen LogP contribution in [-0.2, 0) is 0 Å². The van der Waals surface area contributed by atoms with Crippen molar-refractivity contribution in [2.75, 3.05) is 5.32 Å². The average Bonchev–Trinajstić information content (AvgIpc) is 2.78. The molecule has 100 valence electrons. The minimum atomic E-state index is -0.333. The van der Waals surface area contributed by atoms with E-state index in [0.717, 1.165) is 5.52 Å². The van der Waals surface area contributed by atoms with Gasteiger partial charge in [-0.3, -0.25) is 4.79 Å². The summed E-state index contributed by atoms with van der Waals surface area (Å²) in [5.74, 6) is 0.253. The molecule has 1 N–H and O–H groups in total. The predicted octanol–water partition coefficient (Wildman–Crippen LogP) is 2.94. The number of fused-ring (bicyclic) bond motifs is 1. The molecule has 0 unspecified atom stereocenters. The summed E-state index contributed by atoms with van der Waals surface area (Å²) >= 11 is 3.17. The van der Waals surface area contributed by atoms with Crippen molar-refractivity contribution in [3.63, 3.8) is 0 Å². The van der Waals surface area contributed by atoms with Crippen molar-refractivity contribution < 1.29 is 9.21 Å². The van der Waals surface area contributed by atoms with E-state index in [-0.39, 0.29) is 11.6 Å². The summed E-state index contributed by atoms with van der Waals surface area (Å²) in [7, 11) is 0. The van der Waals surface area contributed by atoms with Crippen LogP contribution in [0.5, 0.6) is 0 Å². The van der Waals surface area contributed by atoms with E-state index >= 15 is 0 Å². The first-order valence-electron chi connectivity index (χ1n) is 5.78. The molecule has 3 rings (SSSR count). The molecule has 3 aromatic rings. The summed E-state index contributed by atoms with van der Waals surface area (Å²) in [5, 5.41) is 2.73. The molecule has 0 aliphatic heterocycles. The van der Waals surface area contributed by atoms with E-state index in [1.54, 1.807) is 25.1 Å². The highest BCUT2D eigenvalue weighted by atomic mass is 79.9. The fourth-order valence-electron chi connectivity index (χ4n) is 1.74. The van der Waals surface area contributed by atoms with E-state index in [4.69, 9.17) is 4.42 Å². The first-order valence-corrected chi connectivity index (χ1v) is 6.57. The van der Waals surface area contributed by atoms with Crippen LogP contribution in [0.15, 0.2) is 39.6 Å². The molecule has 1 amide bonds. The second-order valence-electron chi connectivity index (χ2n) is 4.09. The lowest BCUT2D eigenvalue weighted by Gasteiger charge is -2.03. The van der Waals surface area contributed by atoms with Gasteiger partial charge in [0.2, 0.25) is 0 Å². The van der Waals surface area contributed by atoms with Crippen LogP contribution in [0.1, 0.15) is 16.4 Å². The van der Waals surface area contributed by atoms with E-state index < -0.39 is 0 Å². The van der Waals surface area contributed by atoms with Crippen molar-refractivity contribution in [2.24, 2.45) is 0 Å². The van der Waals surface area contributed by atoms with E-state index in [0.29, 0.717) is 21.8 Å². The van der Waals surface area contributed by atoms with Gasteiger partial charge in [0, 0.05) is 18.7 Å². The van der Waals surface area contributed by atoms with Crippen LogP contribution < -0.4 is 5.32 Å². The topological polar surface area (TPSA) is 80.9 Å². The van der Waals surface area contributed by atoms with Gasteiger partial charge < -0.3 is 9.73 Å². The van der Waals surface area contributed by atoms with Crippen molar-refractivity contribution in [3.05, 3.63) is 46.8 Å². The minimum absolute atomic E-state index is 0.238. The molecule has 0 saturated heterocycles. The smallest absolute Gasteiger partial charge is 0.275 e. The molecular weight excluding hydrogens is 324 g/mol. The lowest BCUT2D eigenvalue weighted by atomic mass is 10.3. The first-order chi connectivity index (χ1) is 9.61. The highest BCUT2D eigenvalue weighted by molar-refractivity contribution is 9.10. The zero-order valence-electron chi connectivity index (χ0n) is 10.4. The molecule has 0 saturated carbocycles. The molecule has 0 bridgehead atoms. The van der Waals surface area contributed by atoms with Crippen molar-refractivity contribution in [3.8, 4) is 0 Å². The van der Waals surface area contributed by atoms with Crippen molar-refractivity contribution in [1.82, 2.24) is 15.0 Å². The number of oxazole rings is 1. The van der Waals surface area contributed by atoms with Crippen LogP contribution in [0.25, 0.3) is 11.1 Å². The number of hydrogen-bond acceptors (Lipinski definition) is 5. The fraction of sp³-hybridized carbons (Fsp3) is 0.0769. The Morgan fingerprint density at radius 3 is 2.90 bits per heavy atom. The van der Waals surface area contributed by atoms with Crippen LogP contribution in [-0.4, -0.2) is 20.9 Å². The Morgan fingerprint density at radius 2 is 2.15 bits per heavy atom. The number of carbonyl (C=O) groups is 1. The zero-order chi connectivity index (χ0) is 14.1. The van der Waals surface area contributed by atoms with Crippen LogP contribution >= 0.6 is 15.9 Å². The Labute approximate surface area is 122 Å². The van der Waals surface area contributed by atoms with Crippen molar-refractivity contribution in [1.29, 1.82) is 0 Å². The van der Waals surface area contributed by atoms with E-state index in [1.165, 1.54) is 12.4 Å². The van der Waals surface area contributed by atoms with E-state index in [9.17, 15) is 4.79 Å². The third-order valence-electron chi connectivity index (χ3n) is 2.61. The second kappa shape index (κ2) is 5.01. The van der Waals surface area contributed by atoms with Gasteiger partial charge >= 0.3 is 0 Å². The van der Waals surface area contributed by atoms with Gasteiger partial charge in [0.05, 0.1) is 12.4 Å². The molecule has 7 heteroatoms. The number of nitrogens with zero attached hydrogens (tertiary/aromatic N) is 3. The van der Waals surface area contributed by atoms with Gasteiger partial charge in [-0.1, -0.05) is 0 Å². The highest BCUT2D eigenvalue weighted by Gasteiger charge is 2.10. The number of carbonyl (C=O) groups excluding carboxylic acids is 1. The summed E-state index contributed by atoms with van der Waals surface area (Å²) in [6.45, 7) is 1.77. The summed E-state index contributed by atoms with van der Waals surface area (Å²) in [5.41, 5.74) is 2.23. The maximum atomic E-state index is 12.0. The number of hydrogen-bond donors (Lipinski definition) is 1. The number of benzene rings is 1. The quantitative estimate of drug-likeness (QED) is 0.780. The Morgan fingerprint density at radius 1 is 1.30 bits per heavy atom. The largest absolute Gasteiger partial charge is 0.441 e. The molecule has 20 heavy (non-hydrogen) atoms. The van der Waals surface area contributed by atoms with Gasteiger partial charge in [0.25, 0.3) is 5.91 Å². The lowest BCUT2D eigenvalue weighted by Crippen LogP contribution is -2.13. The Hall–Kier alpha value is -2.28. The molecule has 6 nitrogen and oxygen atoms in total. The van der Waals surface area contributed by atoms with Crippen LogP contribution in [0.2, 0.25) is 0 Å². The number of amides is 1. The van der Waals surface area contributed by atoms with Crippen LogP contribution in [0.3, 0.4) is 0 Å². The Bertz CT molecular complexity index is 783. The Balaban J connectivity index is 1.84. The van der Waals surface area contributed by atoms with Gasteiger partial charge in [-0.05, 0) is 28.1 Å². The molecule has 0 fully saturated rings. The summed E-state index contributed by atoms with van der Waals surface area (Å²) in [6.07, 6.45) is 2.87. The maximum Gasteiger partial charge on any atom is 0.275 e. The van der Waals surface area contributed by atoms with Gasteiger partial charge in [-0.2, -0.15) is 0 Å². The number of aromatic nitrogens is 3. The molecular formula is C13H9BrN4O2. The minimum Gasteiger partial charge on any atom is -0.441 e. The first kappa shape index (κ1) is 12.7. The normalized spacial score (nSPS) is 10.7. The molecule has 2 aromatic heterocycles. The molecule has 0 radical (unpaired) electrons. The number of aryl methyl sites for hydroxylation is 1. The number of rotatable bonds is 2. The summed E-state index contributed by atoms with van der Waals surface area (Å²) in [4.78, 5) is 24.1. The van der Waals surface area contributed by atoms with Gasteiger partial charge in [-0.15, -0.1) is 0 Å². The van der Waals surface area contributed by atoms with Gasteiger partial charge in [0.15, 0.2) is 11.5 Å². The highest BCUT2D eigenvalue weighted by Crippen LogP contribution is 2.20. The zero-order valence-corrected chi connectivity index (χ0v) is 12.0. The standard InChI is InChI=1S/C13H9BrN4O2/c1-7-17-9-3-2-8(4-11(9)20-7)18-13(19)10-5-16-12(14)6-15-10/h2-6H,1H3,(H,18,19). The molecule has 1 aromatic carbocycles. The fourth-order valence-corrected chi connectivity index (χ4v) is 1.95. The number of anilines is 1. The van der Waals surface area contributed by atoms with E-state index in [2.05, 4.69) is 36.2 Å². The lowest BCUT2D eigenvalue weighted by molar-refractivity contribution is 0.102. The van der Waals surface area contributed by atoms with Crippen LogP contribution in [0.4, 0.5) is 5.69 Å². The predicted molar refractivity (Wildman–Crippen MR) is 76.4 cm³/mol. The van der Waals surface area contributed by atoms with Gasteiger partial charge in [0.1, 0.15) is 15.8 Å². The summed E-state index contributed by atoms with van der Waals surface area (Å²) < 4.78 is 5.99. The molecule has 0 aliphatic rings. The maximum absolute atomic E-state index is 12.0. The number of halogens is 1. The molecule has 0 atom stereocenters.